The van der Waals surface area contributed by atoms with E-state index in [4.69, 9.17) is 0 Å². The van der Waals surface area contributed by atoms with Crippen molar-refractivity contribution in [3.8, 4) is 0 Å². The van der Waals surface area contributed by atoms with Crippen molar-refractivity contribution >= 4 is 34.4 Å². The van der Waals surface area contributed by atoms with E-state index in [1.165, 1.54) is 4.88 Å². The van der Waals surface area contributed by atoms with Gasteiger partial charge in [0.2, 0.25) is 0 Å². The van der Waals surface area contributed by atoms with E-state index in [2.05, 4.69) is 22.4 Å². The Labute approximate surface area is 63.1 Å². The summed E-state index contributed by atoms with van der Waals surface area (Å²) in [7, 11) is 0. The largest absolute Gasteiger partial charge is 0.194 e. The van der Waals surface area contributed by atoms with Crippen LogP contribution in [0.1, 0.15) is 4.88 Å². The molecule has 0 amide bonds. The van der Waals surface area contributed by atoms with Crippen LogP contribution in [0.3, 0.4) is 0 Å². The van der Waals surface area contributed by atoms with Gasteiger partial charge in [0.25, 0.3) is 0 Å². The number of hydrogen-bond acceptors (Lipinski definition) is 3. The predicted molar refractivity (Wildman–Crippen MR) is 43.7 cm³/mol. The van der Waals surface area contributed by atoms with Gasteiger partial charge in [-0.3, -0.25) is 0 Å². The molecule has 3 heteroatoms. The van der Waals surface area contributed by atoms with E-state index in [1.54, 1.807) is 11.3 Å². The highest BCUT2D eigenvalue weighted by atomic mass is 32.1. The smallest absolute Gasteiger partial charge is 0.0849 e. The fourth-order valence-electron chi connectivity index (χ4n) is 0.541. The number of aryl methyl sites for hydroxylation is 1. The average Bonchev–Trinajstić information content (AvgIpc) is 2.17. The number of thiocarbonyl (C=S) groups is 1. The first-order valence-electron chi connectivity index (χ1n) is 2.46. The van der Waals surface area contributed by atoms with E-state index in [-0.39, 0.29) is 0 Å². The molecule has 1 rings (SSSR count). The van der Waals surface area contributed by atoms with Crippen LogP contribution in [-0.4, -0.2) is 5.16 Å². The third-order valence-corrected chi connectivity index (χ3v) is 1.83. The minimum atomic E-state index is 0.910. The van der Waals surface area contributed by atoms with Crippen LogP contribution in [0.15, 0.2) is 16.4 Å². The number of isothiocyanates is 1. The quantitative estimate of drug-likeness (QED) is 0.448. The van der Waals surface area contributed by atoms with Crippen LogP contribution in [0.2, 0.25) is 0 Å². The molecule has 1 nitrogen and oxygen atoms in total. The number of nitrogens with zero attached hydrogens (tertiary/aromatic N) is 1. The Kier molecular flexibility index (Phi) is 2.11. The highest BCUT2D eigenvalue weighted by molar-refractivity contribution is 7.78. The van der Waals surface area contributed by atoms with Gasteiger partial charge in [-0.05, 0) is 25.2 Å². The summed E-state index contributed by atoms with van der Waals surface area (Å²) in [6.45, 7) is 2.03. The van der Waals surface area contributed by atoms with Crippen molar-refractivity contribution < 1.29 is 0 Å². The van der Waals surface area contributed by atoms with Crippen LogP contribution < -0.4 is 0 Å². The second-order valence-corrected chi connectivity index (χ2v) is 2.92. The summed E-state index contributed by atoms with van der Waals surface area (Å²) in [5.41, 5.74) is 0.910. The first-order chi connectivity index (χ1) is 4.33. The van der Waals surface area contributed by atoms with Crippen LogP contribution >= 0.6 is 23.6 Å². The Hall–Kier alpha value is -0.500. The normalized spacial score (nSPS) is 8.56. The summed E-state index contributed by atoms with van der Waals surface area (Å²) >= 11 is 6.10. The van der Waals surface area contributed by atoms with Crippen molar-refractivity contribution in [2.45, 2.75) is 6.92 Å². The molecule has 0 aliphatic heterocycles. The molecule has 0 aliphatic carbocycles. The molecule has 1 aromatic heterocycles. The van der Waals surface area contributed by atoms with Crippen LogP contribution in [0.4, 0.5) is 5.69 Å². The molecule has 1 heterocycles. The molecule has 0 saturated heterocycles. The van der Waals surface area contributed by atoms with E-state index in [1.807, 2.05) is 18.4 Å². The lowest BCUT2D eigenvalue weighted by Crippen LogP contribution is -1.50. The second kappa shape index (κ2) is 2.87. The average molecular weight is 155 g/mol. The number of aliphatic imine (C=N–C) groups is 1. The van der Waals surface area contributed by atoms with E-state index in [0.717, 1.165) is 5.69 Å². The fourth-order valence-corrected chi connectivity index (χ4v) is 1.26. The Morgan fingerprint density at radius 2 is 2.56 bits per heavy atom. The first kappa shape index (κ1) is 6.62. The lowest BCUT2D eigenvalue weighted by molar-refractivity contribution is 1.57. The van der Waals surface area contributed by atoms with Crippen LogP contribution in [-0.2, 0) is 0 Å². The van der Waals surface area contributed by atoms with Gasteiger partial charge in [-0.25, -0.2) is 0 Å². The standard InChI is InChI=1S/C6H5NS2/c1-5-2-6(3-9-5)7-4-8/h2-3H,1H3. The highest BCUT2D eigenvalue weighted by Crippen LogP contribution is 2.19. The second-order valence-electron chi connectivity index (χ2n) is 1.62. The van der Waals surface area contributed by atoms with E-state index in [9.17, 15) is 0 Å². The maximum atomic E-state index is 4.43. The lowest BCUT2D eigenvalue weighted by Gasteiger charge is -1.73. The number of thiophene rings is 1. The molecular weight excluding hydrogens is 150 g/mol. The Morgan fingerprint density at radius 1 is 1.78 bits per heavy atom. The Balaban J connectivity index is 2.97. The lowest BCUT2D eigenvalue weighted by atomic mass is 10.5. The van der Waals surface area contributed by atoms with Crippen molar-refractivity contribution in [3.05, 3.63) is 16.3 Å². The summed E-state index contributed by atoms with van der Waals surface area (Å²) in [4.78, 5) is 5.05. The van der Waals surface area contributed by atoms with Crippen molar-refractivity contribution in [1.82, 2.24) is 0 Å². The van der Waals surface area contributed by atoms with Gasteiger partial charge in [-0.15, -0.1) is 11.3 Å². The molecule has 0 aliphatic rings. The third kappa shape index (κ3) is 1.72. The van der Waals surface area contributed by atoms with Gasteiger partial charge in [0, 0.05) is 10.3 Å². The van der Waals surface area contributed by atoms with E-state index >= 15 is 0 Å². The summed E-state index contributed by atoms with van der Waals surface area (Å²) in [6, 6.07) is 1.98. The number of hydrogen-bond donors (Lipinski definition) is 0. The summed E-state index contributed by atoms with van der Waals surface area (Å²) in [5.74, 6) is 0. The molecule has 0 aromatic carbocycles. The topological polar surface area (TPSA) is 12.4 Å². The van der Waals surface area contributed by atoms with Gasteiger partial charge in [0.1, 0.15) is 0 Å². The van der Waals surface area contributed by atoms with Gasteiger partial charge in [-0.2, -0.15) is 4.99 Å². The van der Waals surface area contributed by atoms with E-state index in [0.29, 0.717) is 0 Å². The van der Waals surface area contributed by atoms with Gasteiger partial charge in [-0.1, -0.05) is 0 Å². The van der Waals surface area contributed by atoms with Gasteiger partial charge >= 0.3 is 0 Å². The van der Waals surface area contributed by atoms with Crippen LogP contribution in [0.5, 0.6) is 0 Å². The monoisotopic (exact) mass is 155 g/mol. The molecule has 9 heavy (non-hydrogen) atoms. The highest BCUT2D eigenvalue weighted by Gasteiger charge is 1.89. The van der Waals surface area contributed by atoms with Crippen LogP contribution in [0.25, 0.3) is 0 Å². The molecule has 0 saturated carbocycles. The maximum absolute atomic E-state index is 4.43. The number of rotatable bonds is 1. The third-order valence-electron chi connectivity index (χ3n) is 0.891. The molecule has 0 bridgehead atoms. The van der Waals surface area contributed by atoms with Gasteiger partial charge < -0.3 is 0 Å². The molecule has 0 spiro atoms. The summed E-state index contributed by atoms with van der Waals surface area (Å²) in [5, 5.41) is 4.27. The summed E-state index contributed by atoms with van der Waals surface area (Å²) in [6.07, 6.45) is 0. The molecule has 0 N–H and O–H groups in total. The first-order valence-corrected chi connectivity index (χ1v) is 3.75. The molecule has 0 fully saturated rings. The van der Waals surface area contributed by atoms with E-state index < -0.39 is 0 Å². The summed E-state index contributed by atoms with van der Waals surface area (Å²) < 4.78 is 0. The van der Waals surface area contributed by atoms with Gasteiger partial charge in [0.15, 0.2) is 0 Å². The van der Waals surface area contributed by atoms with Crippen LogP contribution in [0, 0.1) is 6.92 Å². The van der Waals surface area contributed by atoms with Gasteiger partial charge in [0.05, 0.1) is 10.8 Å². The SMILES string of the molecule is Cc1cc(N=C=S)cs1. The Bertz CT molecular complexity index is 245. The molecule has 1 aromatic rings. The molecule has 46 valence electrons. The van der Waals surface area contributed by atoms with Crippen molar-refractivity contribution in [2.24, 2.45) is 4.99 Å². The minimum absolute atomic E-state index is 0.910. The molecule has 0 unspecified atom stereocenters. The van der Waals surface area contributed by atoms with Crippen molar-refractivity contribution in [2.75, 3.05) is 0 Å². The van der Waals surface area contributed by atoms with Crippen molar-refractivity contribution in [3.63, 3.8) is 0 Å². The maximum Gasteiger partial charge on any atom is 0.0849 e. The predicted octanol–water partition coefficient (Wildman–Crippen LogP) is 2.79. The molecule has 0 atom stereocenters. The fraction of sp³-hybridized carbons (Fsp3) is 0.167. The zero-order chi connectivity index (χ0) is 6.69. The zero-order valence-corrected chi connectivity index (χ0v) is 6.55. The minimum Gasteiger partial charge on any atom is -0.194 e. The Morgan fingerprint density at radius 3 is 3.00 bits per heavy atom. The zero-order valence-electron chi connectivity index (χ0n) is 4.92. The van der Waals surface area contributed by atoms with Crippen molar-refractivity contribution in [1.29, 1.82) is 0 Å². The molecule has 0 radical (unpaired) electrons. The molecular formula is C6H5NS2.